The maximum absolute atomic E-state index is 9.61. The highest BCUT2D eigenvalue weighted by Crippen LogP contribution is 2.32. The summed E-state index contributed by atoms with van der Waals surface area (Å²) in [4.78, 5) is 12.7. The lowest BCUT2D eigenvalue weighted by atomic mass is 9.98. The highest BCUT2D eigenvalue weighted by molar-refractivity contribution is 5.75. The number of nitriles is 1. The molecular formula is C19H14N6O. The molecule has 3 heterocycles. The smallest absolute Gasteiger partial charge is 0.245 e. The maximum atomic E-state index is 9.61. The molecule has 0 atom stereocenters. The molecule has 0 aliphatic heterocycles. The Morgan fingerprint density at radius 1 is 1.04 bits per heavy atom. The number of aromatic nitrogens is 5. The van der Waals surface area contributed by atoms with Gasteiger partial charge in [-0.3, -0.25) is 0 Å². The van der Waals surface area contributed by atoms with Gasteiger partial charge in [0.2, 0.25) is 5.88 Å². The summed E-state index contributed by atoms with van der Waals surface area (Å²) in [5, 5.41) is 13.8. The Morgan fingerprint density at radius 2 is 1.85 bits per heavy atom. The van der Waals surface area contributed by atoms with Crippen LogP contribution in [0, 0.1) is 25.2 Å². The van der Waals surface area contributed by atoms with Crippen LogP contribution in [0.2, 0.25) is 0 Å². The van der Waals surface area contributed by atoms with Crippen molar-refractivity contribution < 1.29 is 4.74 Å². The first kappa shape index (κ1) is 15.7. The van der Waals surface area contributed by atoms with Gasteiger partial charge in [-0.2, -0.15) is 10.4 Å². The van der Waals surface area contributed by atoms with Crippen LogP contribution in [0.4, 0.5) is 0 Å². The molecular weight excluding hydrogens is 328 g/mol. The van der Waals surface area contributed by atoms with Crippen LogP contribution in [0.5, 0.6) is 11.6 Å². The topological polar surface area (TPSA) is 89.0 Å². The van der Waals surface area contributed by atoms with Crippen molar-refractivity contribution in [1.82, 2.24) is 24.6 Å². The SMILES string of the molecule is Cc1ncnc(C)c1-c1ccc(Oc2nccn3nccc23)cc1C#N. The molecule has 0 radical (unpaired) electrons. The van der Waals surface area contributed by atoms with Crippen LogP contribution >= 0.6 is 0 Å². The highest BCUT2D eigenvalue weighted by atomic mass is 16.5. The third kappa shape index (κ3) is 2.63. The van der Waals surface area contributed by atoms with Crippen LogP contribution in [-0.2, 0) is 0 Å². The average Bonchev–Trinajstić information content (AvgIpc) is 3.12. The van der Waals surface area contributed by atoms with Gasteiger partial charge < -0.3 is 4.74 Å². The van der Waals surface area contributed by atoms with Crippen LogP contribution in [0.3, 0.4) is 0 Å². The van der Waals surface area contributed by atoms with Gasteiger partial charge >= 0.3 is 0 Å². The first-order valence-electron chi connectivity index (χ1n) is 7.96. The van der Waals surface area contributed by atoms with Crippen molar-refractivity contribution in [2.45, 2.75) is 13.8 Å². The molecule has 0 N–H and O–H groups in total. The van der Waals surface area contributed by atoms with Crippen molar-refractivity contribution in [2.75, 3.05) is 0 Å². The Kier molecular flexibility index (Phi) is 3.78. The number of hydrogen-bond acceptors (Lipinski definition) is 6. The summed E-state index contributed by atoms with van der Waals surface area (Å²) in [6, 6.07) is 9.41. The number of rotatable bonds is 3. The number of ether oxygens (including phenoxy) is 1. The zero-order valence-corrected chi connectivity index (χ0v) is 14.2. The van der Waals surface area contributed by atoms with E-state index in [9.17, 15) is 5.26 Å². The number of hydrogen-bond donors (Lipinski definition) is 0. The number of nitrogens with zero attached hydrogens (tertiary/aromatic N) is 6. The lowest BCUT2D eigenvalue weighted by Gasteiger charge is -2.12. The monoisotopic (exact) mass is 342 g/mol. The van der Waals surface area contributed by atoms with E-state index in [0.717, 1.165) is 28.0 Å². The van der Waals surface area contributed by atoms with Crippen molar-refractivity contribution >= 4 is 5.52 Å². The second kappa shape index (κ2) is 6.26. The largest absolute Gasteiger partial charge is 0.437 e. The molecule has 7 heteroatoms. The lowest BCUT2D eigenvalue weighted by molar-refractivity contribution is 0.465. The minimum atomic E-state index is 0.428. The van der Waals surface area contributed by atoms with E-state index in [2.05, 4.69) is 26.1 Å². The molecule has 3 aromatic heterocycles. The van der Waals surface area contributed by atoms with Crippen molar-refractivity contribution in [2.24, 2.45) is 0 Å². The van der Waals surface area contributed by atoms with Gasteiger partial charge in [-0.05, 0) is 38.1 Å². The quantitative estimate of drug-likeness (QED) is 0.566. The fourth-order valence-corrected chi connectivity index (χ4v) is 2.90. The van der Waals surface area contributed by atoms with E-state index in [1.807, 2.05) is 32.0 Å². The van der Waals surface area contributed by atoms with E-state index >= 15 is 0 Å². The first-order valence-corrected chi connectivity index (χ1v) is 7.96. The summed E-state index contributed by atoms with van der Waals surface area (Å²) in [7, 11) is 0. The number of fused-ring (bicyclic) bond motifs is 1. The van der Waals surface area contributed by atoms with Gasteiger partial charge in [0.05, 0.1) is 17.8 Å². The van der Waals surface area contributed by atoms with Gasteiger partial charge in [-0.1, -0.05) is 0 Å². The molecule has 0 aliphatic carbocycles. The Bertz CT molecular complexity index is 1140. The fourth-order valence-electron chi connectivity index (χ4n) is 2.90. The Balaban J connectivity index is 1.77. The van der Waals surface area contributed by atoms with Crippen molar-refractivity contribution in [3.63, 3.8) is 0 Å². The van der Waals surface area contributed by atoms with Crippen LogP contribution in [-0.4, -0.2) is 24.6 Å². The minimum absolute atomic E-state index is 0.428. The molecule has 126 valence electrons. The van der Waals surface area contributed by atoms with E-state index in [4.69, 9.17) is 4.74 Å². The third-order valence-electron chi connectivity index (χ3n) is 4.11. The number of benzene rings is 1. The van der Waals surface area contributed by atoms with Gasteiger partial charge in [0.25, 0.3) is 0 Å². The molecule has 0 unspecified atom stereocenters. The second-order valence-corrected chi connectivity index (χ2v) is 5.73. The van der Waals surface area contributed by atoms with Gasteiger partial charge in [0.15, 0.2) is 0 Å². The normalized spacial score (nSPS) is 10.7. The third-order valence-corrected chi connectivity index (χ3v) is 4.11. The van der Waals surface area contributed by atoms with Gasteiger partial charge in [0.1, 0.15) is 17.6 Å². The van der Waals surface area contributed by atoms with Crippen molar-refractivity contribution in [1.29, 1.82) is 5.26 Å². The Morgan fingerprint density at radius 3 is 2.62 bits per heavy atom. The predicted octanol–water partition coefficient (Wildman–Crippen LogP) is 3.47. The summed E-state index contributed by atoms with van der Waals surface area (Å²) in [5.74, 6) is 0.955. The molecule has 4 aromatic rings. The van der Waals surface area contributed by atoms with Crippen molar-refractivity contribution in [3.05, 3.63) is 66.1 Å². The molecule has 0 saturated heterocycles. The van der Waals surface area contributed by atoms with Crippen molar-refractivity contribution in [3.8, 4) is 28.8 Å². The molecule has 0 bridgehead atoms. The van der Waals surface area contributed by atoms with Gasteiger partial charge in [0, 0.05) is 34.9 Å². The lowest BCUT2D eigenvalue weighted by Crippen LogP contribution is -1.98. The Hall–Kier alpha value is -3.79. The first-order chi connectivity index (χ1) is 12.7. The van der Waals surface area contributed by atoms with Crippen LogP contribution in [0.15, 0.2) is 49.2 Å². The molecule has 0 amide bonds. The van der Waals surface area contributed by atoms with E-state index in [1.54, 1.807) is 29.2 Å². The van der Waals surface area contributed by atoms with E-state index < -0.39 is 0 Å². The molecule has 0 saturated carbocycles. The minimum Gasteiger partial charge on any atom is -0.437 e. The molecule has 0 aliphatic rings. The molecule has 0 spiro atoms. The molecule has 4 rings (SSSR count). The molecule has 26 heavy (non-hydrogen) atoms. The number of aryl methyl sites for hydroxylation is 2. The molecule has 1 aromatic carbocycles. The average molecular weight is 342 g/mol. The van der Waals surface area contributed by atoms with E-state index in [-0.39, 0.29) is 0 Å². The highest BCUT2D eigenvalue weighted by Gasteiger charge is 2.14. The standard InChI is InChI=1S/C19H14N6O/c1-12-18(13(2)23-11-22-12)16-4-3-15(9-14(16)10-20)26-19-17-5-6-24-25(17)8-7-21-19/h3-9,11H,1-2H3. The van der Waals surface area contributed by atoms with Gasteiger partial charge in [-0.15, -0.1) is 0 Å². The van der Waals surface area contributed by atoms with Gasteiger partial charge in [-0.25, -0.2) is 19.5 Å². The zero-order chi connectivity index (χ0) is 18.1. The fraction of sp³-hybridized carbons (Fsp3) is 0.105. The molecule has 7 nitrogen and oxygen atoms in total. The summed E-state index contributed by atoms with van der Waals surface area (Å²) in [6.07, 6.45) is 6.56. The predicted molar refractivity (Wildman–Crippen MR) is 94.7 cm³/mol. The summed E-state index contributed by atoms with van der Waals surface area (Å²) in [6.45, 7) is 3.81. The summed E-state index contributed by atoms with van der Waals surface area (Å²) in [5.41, 5.74) is 4.54. The summed E-state index contributed by atoms with van der Waals surface area (Å²) < 4.78 is 7.57. The second-order valence-electron chi connectivity index (χ2n) is 5.73. The van der Waals surface area contributed by atoms with Crippen LogP contribution < -0.4 is 4.74 Å². The zero-order valence-electron chi connectivity index (χ0n) is 14.2. The van der Waals surface area contributed by atoms with Crippen LogP contribution in [0.25, 0.3) is 16.6 Å². The van der Waals surface area contributed by atoms with E-state index in [1.165, 1.54) is 6.33 Å². The summed E-state index contributed by atoms with van der Waals surface area (Å²) >= 11 is 0. The molecule has 0 fully saturated rings. The maximum Gasteiger partial charge on any atom is 0.245 e. The Labute approximate surface area is 149 Å². The van der Waals surface area contributed by atoms with Crippen LogP contribution in [0.1, 0.15) is 17.0 Å². The van der Waals surface area contributed by atoms with E-state index in [0.29, 0.717) is 17.2 Å².